The lowest BCUT2D eigenvalue weighted by Gasteiger charge is -2.43. The third-order valence-corrected chi connectivity index (χ3v) is 4.69. The van der Waals surface area contributed by atoms with Gasteiger partial charge in [0.1, 0.15) is 5.82 Å². The average Bonchev–Trinajstić information content (AvgIpc) is 2.60. The van der Waals surface area contributed by atoms with Gasteiger partial charge in [0.2, 0.25) is 0 Å². The summed E-state index contributed by atoms with van der Waals surface area (Å²) in [7, 11) is 0. The number of hydrogen-bond acceptors (Lipinski definition) is 3. The van der Waals surface area contributed by atoms with Crippen molar-refractivity contribution in [2.75, 3.05) is 13.1 Å². The molecule has 1 unspecified atom stereocenters. The maximum Gasteiger partial charge on any atom is 0.123 e. The summed E-state index contributed by atoms with van der Waals surface area (Å²) in [6.07, 6.45) is 0. The molecule has 1 heterocycles. The van der Waals surface area contributed by atoms with Crippen molar-refractivity contribution in [1.82, 2.24) is 10.2 Å². The zero-order valence-corrected chi connectivity index (χ0v) is 14.0. The quantitative estimate of drug-likeness (QED) is 0.940. The Kier molecular flexibility index (Phi) is 4.94. The van der Waals surface area contributed by atoms with Crippen LogP contribution >= 0.6 is 0 Å². The Morgan fingerprint density at radius 3 is 2.25 bits per heavy atom. The van der Waals surface area contributed by atoms with Crippen LogP contribution in [0.1, 0.15) is 36.6 Å². The Labute approximate surface area is 142 Å². The molecule has 1 aliphatic heterocycles. The van der Waals surface area contributed by atoms with Gasteiger partial charge in [-0.1, -0.05) is 24.3 Å². The van der Waals surface area contributed by atoms with Gasteiger partial charge in [0.25, 0.3) is 0 Å². The van der Waals surface area contributed by atoms with Crippen molar-refractivity contribution >= 4 is 0 Å². The van der Waals surface area contributed by atoms with Gasteiger partial charge in [0, 0.05) is 25.2 Å². The Hall–Kier alpha value is -2.22. The van der Waals surface area contributed by atoms with Crippen LogP contribution in [0.25, 0.3) is 0 Å². The number of nitrogens with one attached hydrogen (secondary N) is 1. The minimum absolute atomic E-state index is 0.0536. The SMILES string of the molecule is C[C@@H]1CN[C@@H](C)CN1C(c1ccc(F)cc1)c1ccc(C#N)cc1. The molecule has 2 aromatic rings. The van der Waals surface area contributed by atoms with Crippen LogP contribution in [0.4, 0.5) is 4.39 Å². The van der Waals surface area contributed by atoms with Gasteiger partial charge in [-0.15, -0.1) is 0 Å². The van der Waals surface area contributed by atoms with Crippen LogP contribution in [0, 0.1) is 17.1 Å². The van der Waals surface area contributed by atoms with Crippen LogP contribution in [0.15, 0.2) is 48.5 Å². The minimum Gasteiger partial charge on any atom is -0.311 e. The lowest BCUT2D eigenvalue weighted by molar-refractivity contribution is 0.113. The highest BCUT2D eigenvalue weighted by Crippen LogP contribution is 2.32. The highest BCUT2D eigenvalue weighted by molar-refractivity contribution is 5.37. The van der Waals surface area contributed by atoms with Crippen LogP contribution in [-0.4, -0.2) is 30.1 Å². The van der Waals surface area contributed by atoms with E-state index in [9.17, 15) is 4.39 Å². The third kappa shape index (κ3) is 3.48. The fourth-order valence-electron chi connectivity index (χ4n) is 3.37. The monoisotopic (exact) mass is 323 g/mol. The first-order valence-corrected chi connectivity index (χ1v) is 8.33. The summed E-state index contributed by atoms with van der Waals surface area (Å²) in [6, 6.07) is 17.4. The average molecular weight is 323 g/mol. The molecule has 1 aliphatic rings. The van der Waals surface area contributed by atoms with Crippen molar-refractivity contribution in [3.8, 4) is 6.07 Å². The third-order valence-electron chi connectivity index (χ3n) is 4.69. The van der Waals surface area contributed by atoms with Crippen molar-refractivity contribution in [1.29, 1.82) is 5.26 Å². The summed E-state index contributed by atoms with van der Waals surface area (Å²) in [5, 5.41) is 12.5. The second kappa shape index (κ2) is 7.12. The van der Waals surface area contributed by atoms with Crippen molar-refractivity contribution < 1.29 is 4.39 Å². The molecule has 3 nitrogen and oxygen atoms in total. The molecule has 124 valence electrons. The highest BCUT2D eigenvalue weighted by Gasteiger charge is 2.30. The molecule has 0 amide bonds. The van der Waals surface area contributed by atoms with E-state index in [0.717, 1.165) is 24.2 Å². The smallest absolute Gasteiger partial charge is 0.123 e. The Morgan fingerprint density at radius 2 is 1.67 bits per heavy atom. The molecule has 0 spiro atoms. The van der Waals surface area contributed by atoms with Crippen LogP contribution in [0.2, 0.25) is 0 Å². The molecule has 24 heavy (non-hydrogen) atoms. The van der Waals surface area contributed by atoms with Gasteiger partial charge in [0.05, 0.1) is 17.7 Å². The Morgan fingerprint density at radius 1 is 1.08 bits per heavy atom. The Balaban J connectivity index is 2.02. The van der Waals surface area contributed by atoms with Gasteiger partial charge in [-0.2, -0.15) is 5.26 Å². The number of hydrogen-bond donors (Lipinski definition) is 1. The first-order valence-electron chi connectivity index (χ1n) is 8.33. The fraction of sp³-hybridized carbons (Fsp3) is 0.350. The Bertz CT molecular complexity index is 718. The normalized spacial score (nSPS) is 22.8. The van der Waals surface area contributed by atoms with Crippen molar-refractivity contribution in [2.24, 2.45) is 0 Å². The molecule has 1 saturated heterocycles. The van der Waals surface area contributed by atoms with Gasteiger partial charge in [-0.3, -0.25) is 4.90 Å². The largest absolute Gasteiger partial charge is 0.311 e. The van der Waals surface area contributed by atoms with Gasteiger partial charge in [0.15, 0.2) is 0 Å². The molecule has 0 radical (unpaired) electrons. The maximum atomic E-state index is 13.4. The second-order valence-corrected chi connectivity index (χ2v) is 6.54. The van der Waals surface area contributed by atoms with E-state index < -0.39 is 0 Å². The minimum atomic E-state index is -0.223. The zero-order chi connectivity index (χ0) is 17.1. The summed E-state index contributed by atoms with van der Waals surface area (Å²) in [5.74, 6) is -0.223. The van der Waals surface area contributed by atoms with E-state index in [0.29, 0.717) is 17.6 Å². The summed E-state index contributed by atoms with van der Waals surface area (Å²) in [5.41, 5.74) is 2.85. The molecule has 3 rings (SSSR count). The molecule has 0 aliphatic carbocycles. The predicted octanol–water partition coefficient (Wildman–Crippen LogP) is 3.47. The van der Waals surface area contributed by atoms with E-state index >= 15 is 0 Å². The standard InChI is InChI=1S/C20H22FN3/c1-14-13-24(15(2)12-23-14)20(18-7-9-19(21)10-8-18)17-5-3-16(11-22)4-6-17/h3-10,14-15,20,23H,12-13H2,1-2H3/t14-,15+,20?/m0/s1. The van der Waals surface area contributed by atoms with Crippen molar-refractivity contribution in [2.45, 2.75) is 32.0 Å². The molecular weight excluding hydrogens is 301 g/mol. The van der Waals surface area contributed by atoms with Gasteiger partial charge in [-0.05, 0) is 49.2 Å². The van der Waals surface area contributed by atoms with Gasteiger partial charge < -0.3 is 5.32 Å². The molecule has 1 fully saturated rings. The molecular formula is C20H22FN3. The molecule has 4 heteroatoms. The maximum absolute atomic E-state index is 13.4. The lowest BCUT2D eigenvalue weighted by Crippen LogP contribution is -2.55. The number of halogens is 1. The first-order chi connectivity index (χ1) is 11.6. The summed E-state index contributed by atoms with van der Waals surface area (Å²) >= 11 is 0. The van der Waals surface area contributed by atoms with E-state index in [1.165, 1.54) is 12.1 Å². The first kappa shape index (κ1) is 16.6. The molecule has 0 aromatic heterocycles. The van der Waals surface area contributed by atoms with Crippen LogP contribution < -0.4 is 5.32 Å². The number of piperazine rings is 1. The zero-order valence-electron chi connectivity index (χ0n) is 14.0. The number of benzene rings is 2. The molecule has 0 saturated carbocycles. The van der Waals surface area contributed by atoms with E-state index in [2.05, 4.69) is 30.1 Å². The van der Waals surface area contributed by atoms with E-state index in [1.807, 2.05) is 36.4 Å². The molecule has 2 aromatic carbocycles. The van der Waals surface area contributed by atoms with Crippen molar-refractivity contribution in [3.05, 3.63) is 71.0 Å². The molecule has 1 N–H and O–H groups in total. The van der Waals surface area contributed by atoms with Gasteiger partial charge >= 0.3 is 0 Å². The topological polar surface area (TPSA) is 39.1 Å². The van der Waals surface area contributed by atoms with Crippen LogP contribution in [0.5, 0.6) is 0 Å². The van der Waals surface area contributed by atoms with Gasteiger partial charge in [-0.25, -0.2) is 4.39 Å². The summed E-state index contributed by atoms with van der Waals surface area (Å²) in [6.45, 7) is 6.23. The fourth-order valence-corrected chi connectivity index (χ4v) is 3.37. The van der Waals surface area contributed by atoms with E-state index in [-0.39, 0.29) is 11.9 Å². The summed E-state index contributed by atoms with van der Waals surface area (Å²) in [4.78, 5) is 2.45. The summed E-state index contributed by atoms with van der Waals surface area (Å²) < 4.78 is 13.4. The van der Waals surface area contributed by atoms with Crippen LogP contribution in [-0.2, 0) is 0 Å². The molecule has 3 atom stereocenters. The van der Waals surface area contributed by atoms with Crippen LogP contribution in [0.3, 0.4) is 0 Å². The van der Waals surface area contributed by atoms with E-state index in [1.54, 1.807) is 0 Å². The lowest BCUT2D eigenvalue weighted by atomic mass is 9.93. The number of nitriles is 1. The number of rotatable bonds is 3. The predicted molar refractivity (Wildman–Crippen MR) is 93.0 cm³/mol. The van der Waals surface area contributed by atoms with E-state index in [4.69, 9.17) is 5.26 Å². The number of nitrogens with zero attached hydrogens (tertiary/aromatic N) is 2. The van der Waals surface area contributed by atoms with Crippen molar-refractivity contribution in [3.63, 3.8) is 0 Å². The second-order valence-electron chi connectivity index (χ2n) is 6.54. The highest BCUT2D eigenvalue weighted by atomic mass is 19.1. The molecule has 0 bridgehead atoms.